The highest BCUT2D eigenvalue weighted by Crippen LogP contribution is 2.43. The van der Waals surface area contributed by atoms with Gasteiger partial charge in [0.1, 0.15) is 0 Å². The number of allylic oxidation sites excluding steroid dienone is 1. The second kappa shape index (κ2) is 5.66. The summed E-state index contributed by atoms with van der Waals surface area (Å²) in [5.74, 6) is -1.79. The summed E-state index contributed by atoms with van der Waals surface area (Å²) >= 11 is 0. The van der Waals surface area contributed by atoms with Gasteiger partial charge in [-0.15, -0.1) is 0 Å². The lowest BCUT2D eigenvalue weighted by molar-refractivity contribution is -0.162. The van der Waals surface area contributed by atoms with Crippen LogP contribution in [-0.2, 0) is 33.7 Å². The number of fused-ring (bicyclic) bond motifs is 1. The summed E-state index contributed by atoms with van der Waals surface area (Å²) in [7, 11) is -2.87. The van der Waals surface area contributed by atoms with Crippen LogP contribution in [0.3, 0.4) is 0 Å². The van der Waals surface area contributed by atoms with Crippen molar-refractivity contribution in [3.8, 4) is 0 Å². The highest BCUT2D eigenvalue weighted by molar-refractivity contribution is 7.93. The van der Waals surface area contributed by atoms with Gasteiger partial charge in [0, 0.05) is 25.0 Å². The number of hydrogen-bond acceptors (Lipinski definition) is 7. The molecular weight excluding hydrogens is 338 g/mol. The highest BCUT2D eigenvalue weighted by atomic mass is 32.2. The first-order valence-corrected chi connectivity index (χ1v) is 8.98. The third kappa shape index (κ3) is 2.55. The van der Waals surface area contributed by atoms with Crippen molar-refractivity contribution in [1.82, 2.24) is 4.90 Å². The molecule has 0 spiro atoms. The van der Waals surface area contributed by atoms with Crippen LogP contribution in [0, 0.1) is 5.41 Å². The van der Waals surface area contributed by atoms with Crippen LogP contribution in [0.1, 0.15) is 34.6 Å². The van der Waals surface area contributed by atoms with Gasteiger partial charge in [-0.05, 0) is 6.92 Å². The summed E-state index contributed by atoms with van der Waals surface area (Å²) in [6, 6.07) is 0. The van der Waals surface area contributed by atoms with E-state index in [1.807, 2.05) is 0 Å². The fraction of sp³-hybridized carbons (Fsp3) is 0.667. The Labute approximate surface area is 140 Å². The molecule has 134 valence electrons. The fourth-order valence-corrected chi connectivity index (χ4v) is 5.04. The number of rotatable bonds is 3. The molecule has 8 nitrogen and oxygen atoms in total. The molecule has 1 amide bonds. The molecule has 1 fully saturated rings. The van der Waals surface area contributed by atoms with Crippen molar-refractivity contribution in [2.24, 2.45) is 5.41 Å². The molecule has 2 aliphatic rings. The molecule has 0 aliphatic carbocycles. The average molecular weight is 359 g/mol. The average Bonchev–Trinajstić information content (AvgIpc) is 2.43. The van der Waals surface area contributed by atoms with Gasteiger partial charge in [0.15, 0.2) is 17.3 Å². The van der Waals surface area contributed by atoms with E-state index in [1.165, 1.54) is 14.0 Å². The topological polar surface area (TPSA) is 107 Å². The van der Waals surface area contributed by atoms with E-state index in [2.05, 4.69) is 0 Å². The van der Waals surface area contributed by atoms with E-state index in [-0.39, 0.29) is 11.3 Å². The zero-order chi connectivity index (χ0) is 18.6. The molecule has 0 radical (unpaired) electrons. The van der Waals surface area contributed by atoms with Gasteiger partial charge in [0.25, 0.3) is 5.91 Å². The van der Waals surface area contributed by atoms with Crippen LogP contribution in [0.4, 0.5) is 0 Å². The number of ketones is 1. The Morgan fingerprint density at radius 2 is 1.75 bits per heavy atom. The normalized spacial score (nSPS) is 29.0. The molecule has 2 rings (SSSR count). The van der Waals surface area contributed by atoms with Crippen molar-refractivity contribution in [2.75, 3.05) is 7.11 Å². The molecule has 1 unspecified atom stereocenters. The number of β-lactam (4-membered cyclic amide) rings is 1. The maximum Gasteiger partial charge on any atom is 0.304 e. The van der Waals surface area contributed by atoms with Crippen LogP contribution in [0.15, 0.2) is 11.3 Å². The first-order valence-electron chi connectivity index (χ1n) is 7.37. The largest absolute Gasteiger partial charge is 0.441 e. The molecule has 24 heavy (non-hydrogen) atoms. The van der Waals surface area contributed by atoms with Crippen molar-refractivity contribution in [3.05, 3.63) is 11.3 Å². The zero-order valence-electron chi connectivity index (χ0n) is 14.4. The number of hydrogen-bond donors (Lipinski definition) is 0. The first kappa shape index (κ1) is 18.6. The van der Waals surface area contributed by atoms with E-state index in [4.69, 9.17) is 9.47 Å². The second-order valence-corrected chi connectivity index (χ2v) is 8.99. The van der Waals surface area contributed by atoms with Gasteiger partial charge < -0.3 is 9.47 Å². The number of Topliss-reactive ketones (excluding diaryl/α,β-unsaturated/α-hetero) is 1. The Kier molecular flexibility index (Phi) is 4.39. The highest BCUT2D eigenvalue weighted by Gasteiger charge is 2.64. The van der Waals surface area contributed by atoms with Gasteiger partial charge >= 0.3 is 5.97 Å². The summed E-state index contributed by atoms with van der Waals surface area (Å²) in [5.41, 5.74) is -2.46. The Morgan fingerprint density at radius 3 is 2.17 bits per heavy atom. The standard InChI is InChI=1S/C15H21NO7S/c1-7-9(11(18)15(3,4)5)16-12(19)10(22-6)13(16)24(20,21)14(7)23-8(2)17/h10,13-14H,1-6H3/t10-,13?,14-/m0/s1. The predicted octanol–water partition coefficient (Wildman–Crippen LogP) is 0.377. The summed E-state index contributed by atoms with van der Waals surface area (Å²) < 4.78 is 35.4. The summed E-state index contributed by atoms with van der Waals surface area (Å²) in [6.07, 6.45) is -1.22. The third-order valence-electron chi connectivity index (χ3n) is 4.02. The van der Waals surface area contributed by atoms with Crippen LogP contribution in [0.5, 0.6) is 0 Å². The number of carbonyl (C=O) groups is 3. The van der Waals surface area contributed by atoms with Gasteiger partial charge in [0.2, 0.25) is 15.3 Å². The zero-order valence-corrected chi connectivity index (χ0v) is 15.3. The molecule has 9 heteroatoms. The molecular formula is C15H21NO7S. The SMILES string of the molecule is CO[C@H]1C(=O)N2C(C(=O)C(C)(C)C)=C(C)[C@@H](OC(C)=O)S(=O)(=O)C12. The Bertz CT molecular complexity index is 744. The lowest BCUT2D eigenvalue weighted by Gasteiger charge is -2.50. The summed E-state index contributed by atoms with van der Waals surface area (Å²) in [4.78, 5) is 37.3. The number of esters is 1. The van der Waals surface area contributed by atoms with E-state index in [0.717, 1.165) is 11.8 Å². The molecule has 0 N–H and O–H groups in total. The predicted molar refractivity (Wildman–Crippen MR) is 83.1 cm³/mol. The number of nitrogens with zero attached hydrogens (tertiary/aromatic N) is 1. The van der Waals surface area contributed by atoms with Gasteiger partial charge in [-0.3, -0.25) is 19.3 Å². The molecule has 1 saturated heterocycles. The number of ether oxygens (including phenoxy) is 2. The van der Waals surface area contributed by atoms with Crippen LogP contribution >= 0.6 is 0 Å². The molecule has 3 atom stereocenters. The van der Waals surface area contributed by atoms with Crippen LogP contribution in [0.25, 0.3) is 0 Å². The van der Waals surface area contributed by atoms with E-state index in [1.54, 1.807) is 20.8 Å². The second-order valence-electron chi connectivity index (χ2n) is 6.90. The number of amides is 1. The Morgan fingerprint density at radius 1 is 1.21 bits per heavy atom. The smallest absolute Gasteiger partial charge is 0.304 e. The van der Waals surface area contributed by atoms with E-state index in [0.29, 0.717) is 0 Å². The quantitative estimate of drug-likeness (QED) is 0.529. The van der Waals surface area contributed by atoms with E-state index >= 15 is 0 Å². The van der Waals surface area contributed by atoms with Crippen LogP contribution < -0.4 is 0 Å². The van der Waals surface area contributed by atoms with Crippen molar-refractivity contribution in [2.45, 2.75) is 51.5 Å². The maximum absolute atomic E-state index is 12.8. The molecule has 2 heterocycles. The van der Waals surface area contributed by atoms with Gasteiger partial charge in [-0.1, -0.05) is 20.8 Å². The molecule has 0 aromatic heterocycles. The Balaban J connectivity index is 2.68. The molecule has 0 aromatic carbocycles. The summed E-state index contributed by atoms with van der Waals surface area (Å²) in [5, 5.41) is -1.37. The maximum atomic E-state index is 12.8. The van der Waals surface area contributed by atoms with Crippen molar-refractivity contribution in [1.29, 1.82) is 0 Å². The van der Waals surface area contributed by atoms with Gasteiger partial charge in [0.05, 0.1) is 5.70 Å². The molecule has 0 saturated carbocycles. The van der Waals surface area contributed by atoms with E-state index in [9.17, 15) is 22.8 Å². The lowest BCUT2D eigenvalue weighted by Crippen LogP contribution is -2.72. The van der Waals surface area contributed by atoms with Crippen LogP contribution in [-0.4, -0.2) is 55.0 Å². The minimum atomic E-state index is -4.09. The van der Waals surface area contributed by atoms with Crippen LogP contribution in [0.2, 0.25) is 0 Å². The number of carbonyl (C=O) groups excluding carboxylic acids is 3. The Hall–Kier alpha value is -1.74. The molecule has 0 aromatic rings. The lowest BCUT2D eigenvalue weighted by atomic mass is 9.85. The molecule has 2 aliphatic heterocycles. The third-order valence-corrected chi connectivity index (χ3v) is 6.20. The van der Waals surface area contributed by atoms with Crippen molar-refractivity contribution >= 4 is 27.5 Å². The molecule has 0 bridgehead atoms. The number of methoxy groups -OCH3 is 1. The minimum absolute atomic E-state index is 0.0317. The van der Waals surface area contributed by atoms with Gasteiger partial charge in [-0.25, -0.2) is 8.42 Å². The summed E-state index contributed by atoms with van der Waals surface area (Å²) in [6.45, 7) is 7.44. The fourth-order valence-electron chi connectivity index (χ4n) is 2.84. The minimum Gasteiger partial charge on any atom is -0.441 e. The van der Waals surface area contributed by atoms with E-state index < -0.39 is 49.8 Å². The van der Waals surface area contributed by atoms with Crippen molar-refractivity contribution in [3.63, 3.8) is 0 Å². The number of sulfone groups is 1. The van der Waals surface area contributed by atoms with Crippen molar-refractivity contribution < 1.29 is 32.3 Å². The monoisotopic (exact) mass is 359 g/mol. The van der Waals surface area contributed by atoms with Gasteiger partial charge in [-0.2, -0.15) is 0 Å². The first-order chi connectivity index (χ1) is 10.9.